The average molecular weight is 227 g/mol. The fourth-order valence-electron chi connectivity index (χ4n) is 0.933. The molecule has 0 radical (unpaired) electrons. The van der Waals surface area contributed by atoms with Crippen molar-refractivity contribution in [2.24, 2.45) is 0 Å². The van der Waals surface area contributed by atoms with Gasteiger partial charge in [-0.25, -0.2) is 9.78 Å². The lowest BCUT2D eigenvalue weighted by Gasteiger charge is -1.95. The average Bonchev–Trinajstić information content (AvgIpc) is 2.42. The number of hydrogen-bond donors (Lipinski definition) is 1. The van der Waals surface area contributed by atoms with E-state index in [1.807, 2.05) is 13.8 Å². The summed E-state index contributed by atoms with van der Waals surface area (Å²) in [5.74, 6) is 0.455. The Morgan fingerprint density at radius 1 is 1.60 bits per heavy atom. The van der Waals surface area contributed by atoms with Gasteiger partial charge >= 0.3 is 5.97 Å². The van der Waals surface area contributed by atoms with E-state index in [1.165, 1.54) is 17.8 Å². The molecule has 15 heavy (non-hydrogen) atoms. The summed E-state index contributed by atoms with van der Waals surface area (Å²) in [5.41, 5.74) is 1.65. The maximum Gasteiger partial charge on any atom is 0.328 e. The Morgan fingerprint density at radius 2 is 2.27 bits per heavy atom. The van der Waals surface area contributed by atoms with E-state index in [9.17, 15) is 4.79 Å². The van der Waals surface area contributed by atoms with Gasteiger partial charge in [-0.1, -0.05) is 17.3 Å². The molecule has 1 aromatic rings. The zero-order valence-corrected chi connectivity index (χ0v) is 9.72. The molecule has 82 valence electrons. The van der Waals surface area contributed by atoms with Crippen LogP contribution in [0.15, 0.2) is 21.3 Å². The van der Waals surface area contributed by atoms with Gasteiger partial charge in [-0.05, 0) is 20.8 Å². The molecule has 0 spiro atoms. The van der Waals surface area contributed by atoms with Gasteiger partial charge in [0.05, 0.1) is 5.69 Å². The topological polar surface area (TPSA) is 63.3 Å². The van der Waals surface area contributed by atoms with E-state index < -0.39 is 5.97 Å². The zero-order chi connectivity index (χ0) is 11.4. The summed E-state index contributed by atoms with van der Waals surface area (Å²) in [6, 6.07) is 0. The van der Waals surface area contributed by atoms with E-state index in [-0.39, 0.29) is 0 Å². The molecule has 1 aromatic heterocycles. The lowest BCUT2D eigenvalue weighted by molar-refractivity contribution is -0.131. The van der Waals surface area contributed by atoms with Crippen molar-refractivity contribution in [3.8, 4) is 0 Å². The number of thioether (sulfide) groups is 1. The number of nitrogens with zero attached hydrogens (tertiary/aromatic N) is 1. The highest BCUT2D eigenvalue weighted by Crippen LogP contribution is 2.21. The van der Waals surface area contributed by atoms with Crippen molar-refractivity contribution >= 4 is 17.7 Å². The van der Waals surface area contributed by atoms with Gasteiger partial charge in [-0.3, -0.25) is 0 Å². The highest BCUT2D eigenvalue weighted by Gasteiger charge is 2.06. The number of aromatic nitrogens is 1. The first-order valence-electron chi connectivity index (χ1n) is 4.46. The lowest BCUT2D eigenvalue weighted by atomic mass is 10.3. The minimum atomic E-state index is -0.923. The SMILES string of the molecule is CC(=CC(=O)O)CSc1nc(C)c(C)o1. The Bertz CT molecular complexity index is 376. The van der Waals surface area contributed by atoms with Gasteiger partial charge in [0.15, 0.2) is 0 Å². The molecule has 0 fully saturated rings. The summed E-state index contributed by atoms with van der Waals surface area (Å²) < 4.78 is 5.35. The van der Waals surface area contributed by atoms with Crippen LogP contribution in [0.5, 0.6) is 0 Å². The standard InChI is InChI=1S/C10H13NO3S/c1-6(4-9(12)13)5-15-10-11-7(2)8(3)14-10/h4H,5H2,1-3H3,(H,12,13). The van der Waals surface area contributed by atoms with Crippen molar-refractivity contribution in [1.29, 1.82) is 0 Å². The van der Waals surface area contributed by atoms with Crippen LogP contribution in [0.1, 0.15) is 18.4 Å². The Morgan fingerprint density at radius 3 is 2.73 bits per heavy atom. The third-order valence-electron chi connectivity index (χ3n) is 1.80. The van der Waals surface area contributed by atoms with Crippen LogP contribution in [-0.2, 0) is 4.79 Å². The van der Waals surface area contributed by atoms with Crippen LogP contribution in [0.3, 0.4) is 0 Å². The normalized spacial score (nSPS) is 11.8. The van der Waals surface area contributed by atoms with Crippen molar-refractivity contribution in [3.05, 3.63) is 23.1 Å². The zero-order valence-electron chi connectivity index (χ0n) is 8.90. The summed E-state index contributed by atoms with van der Waals surface area (Å²) >= 11 is 1.40. The smallest absolute Gasteiger partial charge is 0.328 e. The number of aliphatic carboxylic acids is 1. The van der Waals surface area contributed by atoms with E-state index in [2.05, 4.69) is 4.98 Å². The first kappa shape index (κ1) is 11.8. The molecule has 1 N–H and O–H groups in total. The van der Waals surface area contributed by atoms with Crippen LogP contribution < -0.4 is 0 Å². The van der Waals surface area contributed by atoms with Gasteiger partial charge in [-0.2, -0.15) is 0 Å². The molecule has 0 saturated carbocycles. The van der Waals surface area contributed by atoms with Crippen molar-refractivity contribution in [3.63, 3.8) is 0 Å². The number of carbonyl (C=O) groups is 1. The molecule has 1 rings (SSSR count). The van der Waals surface area contributed by atoms with Crippen molar-refractivity contribution in [2.75, 3.05) is 5.75 Å². The predicted molar refractivity (Wildman–Crippen MR) is 58.1 cm³/mol. The van der Waals surface area contributed by atoms with E-state index in [0.29, 0.717) is 11.0 Å². The highest BCUT2D eigenvalue weighted by atomic mass is 32.2. The molecule has 0 aliphatic carbocycles. The van der Waals surface area contributed by atoms with Crippen LogP contribution in [0, 0.1) is 13.8 Å². The second-order valence-corrected chi connectivity index (χ2v) is 4.17. The monoisotopic (exact) mass is 227 g/mol. The molecule has 0 aliphatic rings. The maximum absolute atomic E-state index is 10.4. The third-order valence-corrected chi connectivity index (χ3v) is 2.82. The molecule has 0 aliphatic heterocycles. The number of carboxylic acids is 1. The molecule has 4 nitrogen and oxygen atoms in total. The third kappa shape index (κ3) is 3.79. The van der Waals surface area contributed by atoms with Crippen molar-refractivity contribution in [2.45, 2.75) is 26.0 Å². The number of rotatable bonds is 4. The van der Waals surface area contributed by atoms with E-state index in [4.69, 9.17) is 9.52 Å². The number of oxazole rings is 1. The molecular formula is C10H13NO3S. The first-order valence-corrected chi connectivity index (χ1v) is 5.44. The Kier molecular flexibility index (Phi) is 3.96. The second-order valence-electron chi connectivity index (χ2n) is 3.24. The molecule has 0 atom stereocenters. The molecule has 1 heterocycles. The number of carboxylic acid groups (broad SMARTS) is 1. The van der Waals surface area contributed by atoms with Gasteiger partial charge in [0, 0.05) is 11.8 Å². The minimum Gasteiger partial charge on any atom is -0.478 e. The molecule has 0 saturated heterocycles. The van der Waals surface area contributed by atoms with Crippen LogP contribution in [0.4, 0.5) is 0 Å². The quantitative estimate of drug-likeness (QED) is 0.632. The number of aryl methyl sites for hydroxylation is 2. The molecule has 5 heteroatoms. The van der Waals surface area contributed by atoms with Crippen LogP contribution in [-0.4, -0.2) is 21.8 Å². The Hall–Kier alpha value is -1.23. The first-order chi connectivity index (χ1) is 6.99. The van der Waals surface area contributed by atoms with Crippen LogP contribution in [0.25, 0.3) is 0 Å². The Labute approximate surface area is 92.4 Å². The van der Waals surface area contributed by atoms with Gasteiger partial charge in [0.2, 0.25) is 0 Å². The van der Waals surface area contributed by atoms with Gasteiger partial charge in [-0.15, -0.1) is 0 Å². The summed E-state index contributed by atoms with van der Waals surface area (Å²) in [6.07, 6.45) is 1.19. The summed E-state index contributed by atoms with van der Waals surface area (Å²) in [6.45, 7) is 5.50. The fraction of sp³-hybridized carbons (Fsp3) is 0.400. The van der Waals surface area contributed by atoms with Crippen LogP contribution in [0.2, 0.25) is 0 Å². The van der Waals surface area contributed by atoms with Crippen molar-refractivity contribution < 1.29 is 14.3 Å². The van der Waals surface area contributed by atoms with Crippen molar-refractivity contribution in [1.82, 2.24) is 4.98 Å². The molecule has 0 unspecified atom stereocenters. The van der Waals surface area contributed by atoms with E-state index in [0.717, 1.165) is 17.0 Å². The maximum atomic E-state index is 10.4. The lowest BCUT2D eigenvalue weighted by Crippen LogP contribution is -1.91. The number of hydrogen-bond acceptors (Lipinski definition) is 4. The minimum absolute atomic E-state index is 0.575. The molecule has 0 aromatic carbocycles. The van der Waals surface area contributed by atoms with Gasteiger partial charge in [0.25, 0.3) is 5.22 Å². The fourth-order valence-corrected chi connectivity index (χ4v) is 1.75. The molecule has 0 bridgehead atoms. The Balaban J connectivity index is 2.54. The van der Waals surface area contributed by atoms with E-state index >= 15 is 0 Å². The van der Waals surface area contributed by atoms with Gasteiger partial charge < -0.3 is 9.52 Å². The molecule has 0 amide bonds. The van der Waals surface area contributed by atoms with E-state index in [1.54, 1.807) is 6.92 Å². The molecular weight excluding hydrogens is 214 g/mol. The highest BCUT2D eigenvalue weighted by molar-refractivity contribution is 7.99. The van der Waals surface area contributed by atoms with Gasteiger partial charge in [0.1, 0.15) is 5.76 Å². The largest absolute Gasteiger partial charge is 0.478 e. The summed E-state index contributed by atoms with van der Waals surface area (Å²) in [7, 11) is 0. The summed E-state index contributed by atoms with van der Waals surface area (Å²) in [5, 5.41) is 9.09. The second kappa shape index (κ2) is 5.02. The predicted octanol–water partition coefficient (Wildman–Crippen LogP) is 2.41. The van der Waals surface area contributed by atoms with Crippen LogP contribution >= 0.6 is 11.8 Å². The summed E-state index contributed by atoms with van der Waals surface area (Å²) in [4.78, 5) is 14.5.